The van der Waals surface area contributed by atoms with Gasteiger partial charge < -0.3 is 9.47 Å². The van der Waals surface area contributed by atoms with Gasteiger partial charge in [-0.1, -0.05) is 6.07 Å². The maximum atomic E-state index is 13.1. The summed E-state index contributed by atoms with van der Waals surface area (Å²) in [4.78, 5) is 13.7. The molecule has 24 heavy (non-hydrogen) atoms. The standard InChI is InChI=1S/C15H15FN2O5S/c1-22-12-6-10(7-13(9-12)23-2)15(19)17-18-24(20,21)14-5-3-4-11(16)8-14/h3-9,18H,1-2H3,(H,17,19). The van der Waals surface area contributed by atoms with Crippen molar-refractivity contribution in [2.24, 2.45) is 0 Å². The maximum absolute atomic E-state index is 13.1. The van der Waals surface area contributed by atoms with E-state index in [4.69, 9.17) is 9.47 Å². The number of hydrazine groups is 1. The number of sulfonamides is 1. The molecule has 1 amide bonds. The highest BCUT2D eigenvalue weighted by Gasteiger charge is 2.17. The number of ether oxygens (including phenoxy) is 2. The van der Waals surface area contributed by atoms with E-state index >= 15 is 0 Å². The van der Waals surface area contributed by atoms with Gasteiger partial charge in [-0.2, -0.15) is 0 Å². The fourth-order valence-electron chi connectivity index (χ4n) is 1.82. The summed E-state index contributed by atoms with van der Waals surface area (Å²) in [6, 6.07) is 8.78. The average molecular weight is 354 g/mol. The van der Waals surface area contributed by atoms with Crippen LogP contribution in [0.1, 0.15) is 10.4 Å². The number of hydrogen-bond donors (Lipinski definition) is 2. The molecule has 2 aromatic rings. The van der Waals surface area contributed by atoms with Crippen LogP contribution in [0.25, 0.3) is 0 Å². The topological polar surface area (TPSA) is 93.7 Å². The third kappa shape index (κ3) is 4.21. The average Bonchev–Trinajstić information content (AvgIpc) is 2.59. The SMILES string of the molecule is COc1cc(OC)cc(C(=O)NNS(=O)(=O)c2cccc(F)c2)c1. The number of hydrogen-bond acceptors (Lipinski definition) is 5. The summed E-state index contributed by atoms with van der Waals surface area (Å²) in [5.41, 5.74) is 2.17. The fourth-order valence-corrected chi connectivity index (χ4v) is 2.69. The molecule has 0 atom stereocenters. The molecule has 2 rings (SSSR count). The number of amides is 1. The second-order valence-corrected chi connectivity index (χ2v) is 6.30. The van der Waals surface area contributed by atoms with Gasteiger partial charge in [0.1, 0.15) is 17.3 Å². The Labute approximate surface area is 138 Å². The van der Waals surface area contributed by atoms with E-state index in [0.717, 1.165) is 12.1 Å². The number of nitrogens with one attached hydrogen (secondary N) is 2. The first kappa shape index (κ1) is 17.7. The van der Waals surface area contributed by atoms with Gasteiger partial charge in [-0.3, -0.25) is 10.2 Å². The first-order valence-corrected chi connectivity index (χ1v) is 8.15. The first-order valence-electron chi connectivity index (χ1n) is 6.66. The molecule has 0 aliphatic heterocycles. The number of carbonyl (C=O) groups is 1. The maximum Gasteiger partial charge on any atom is 0.266 e. The minimum absolute atomic E-state index is 0.119. The van der Waals surface area contributed by atoms with Crippen LogP contribution in [0.15, 0.2) is 47.4 Å². The molecule has 0 saturated heterocycles. The zero-order chi connectivity index (χ0) is 17.7. The summed E-state index contributed by atoms with van der Waals surface area (Å²) >= 11 is 0. The van der Waals surface area contributed by atoms with E-state index in [9.17, 15) is 17.6 Å². The third-order valence-corrected chi connectivity index (χ3v) is 4.26. The lowest BCUT2D eigenvalue weighted by Crippen LogP contribution is -2.41. The van der Waals surface area contributed by atoms with E-state index in [1.165, 1.54) is 38.5 Å². The van der Waals surface area contributed by atoms with E-state index in [1.807, 2.05) is 10.3 Å². The van der Waals surface area contributed by atoms with Gasteiger partial charge in [-0.05, 0) is 30.3 Å². The highest BCUT2D eigenvalue weighted by Crippen LogP contribution is 2.22. The van der Waals surface area contributed by atoms with Crippen molar-refractivity contribution in [3.8, 4) is 11.5 Å². The molecular weight excluding hydrogens is 339 g/mol. The van der Waals surface area contributed by atoms with Crippen LogP contribution in [0, 0.1) is 5.82 Å². The van der Waals surface area contributed by atoms with E-state index in [2.05, 4.69) is 0 Å². The lowest BCUT2D eigenvalue weighted by atomic mass is 10.2. The summed E-state index contributed by atoms with van der Waals surface area (Å²) in [7, 11) is -1.26. The Hall–Kier alpha value is -2.65. The van der Waals surface area contributed by atoms with Crippen molar-refractivity contribution in [1.29, 1.82) is 0 Å². The largest absolute Gasteiger partial charge is 0.497 e. The van der Waals surface area contributed by atoms with E-state index < -0.39 is 21.7 Å². The van der Waals surface area contributed by atoms with Crippen molar-refractivity contribution < 1.29 is 27.1 Å². The number of benzene rings is 2. The molecule has 7 nitrogen and oxygen atoms in total. The number of carbonyl (C=O) groups excluding carboxylic acids is 1. The van der Waals surface area contributed by atoms with Gasteiger partial charge in [0.05, 0.1) is 19.1 Å². The summed E-state index contributed by atoms with van der Waals surface area (Å²) < 4.78 is 47.2. The normalized spacial score (nSPS) is 11.0. The molecule has 0 fully saturated rings. The van der Waals surface area contributed by atoms with E-state index in [1.54, 1.807) is 6.07 Å². The Kier molecular flexibility index (Phi) is 5.37. The summed E-state index contributed by atoms with van der Waals surface area (Å²) in [5, 5.41) is 0. The van der Waals surface area contributed by atoms with Gasteiger partial charge in [0.2, 0.25) is 0 Å². The van der Waals surface area contributed by atoms with Crippen LogP contribution >= 0.6 is 0 Å². The van der Waals surface area contributed by atoms with Crippen LogP contribution in [0.2, 0.25) is 0 Å². The molecule has 2 N–H and O–H groups in total. The second-order valence-electron chi connectivity index (χ2n) is 4.62. The zero-order valence-electron chi connectivity index (χ0n) is 12.9. The van der Waals surface area contributed by atoms with Gasteiger partial charge in [-0.25, -0.2) is 12.8 Å². The van der Waals surface area contributed by atoms with Crippen LogP contribution in [0.5, 0.6) is 11.5 Å². The lowest BCUT2D eigenvalue weighted by molar-refractivity contribution is 0.0944. The Balaban J connectivity index is 2.15. The van der Waals surface area contributed by atoms with Crippen molar-refractivity contribution >= 4 is 15.9 Å². The third-order valence-electron chi connectivity index (χ3n) is 3.02. The molecule has 0 spiro atoms. The molecule has 0 aliphatic rings. The molecule has 0 radical (unpaired) electrons. The van der Waals surface area contributed by atoms with Crippen LogP contribution in [0.4, 0.5) is 4.39 Å². The van der Waals surface area contributed by atoms with Gasteiger partial charge in [-0.15, -0.1) is 4.83 Å². The van der Waals surface area contributed by atoms with Crippen LogP contribution in [0.3, 0.4) is 0 Å². The van der Waals surface area contributed by atoms with Gasteiger partial charge in [0.15, 0.2) is 0 Å². The molecule has 128 valence electrons. The molecule has 2 aromatic carbocycles. The zero-order valence-corrected chi connectivity index (χ0v) is 13.7. The molecule has 0 heterocycles. The second kappa shape index (κ2) is 7.28. The molecule has 0 aliphatic carbocycles. The monoisotopic (exact) mass is 354 g/mol. The lowest BCUT2D eigenvalue weighted by Gasteiger charge is -2.10. The van der Waals surface area contributed by atoms with Crippen molar-refractivity contribution in [2.75, 3.05) is 14.2 Å². The van der Waals surface area contributed by atoms with Crippen molar-refractivity contribution in [3.63, 3.8) is 0 Å². The van der Waals surface area contributed by atoms with Crippen molar-refractivity contribution in [3.05, 3.63) is 53.8 Å². The predicted molar refractivity (Wildman–Crippen MR) is 83.7 cm³/mol. The molecule has 0 unspecified atom stereocenters. The highest BCUT2D eigenvalue weighted by atomic mass is 32.2. The summed E-state index contributed by atoms with van der Waals surface area (Å²) in [5.74, 6) is -0.700. The predicted octanol–water partition coefficient (Wildman–Crippen LogP) is 1.47. The van der Waals surface area contributed by atoms with Crippen LogP contribution in [-0.4, -0.2) is 28.5 Å². The molecule has 0 aromatic heterocycles. The Morgan fingerprint density at radius 2 is 1.67 bits per heavy atom. The van der Waals surface area contributed by atoms with Crippen molar-refractivity contribution in [2.45, 2.75) is 4.90 Å². The minimum Gasteiger partial charge on any atom is -0.497 e. The Bertz CT molecular complexity index is 832. The molecule has 0 saturated carbocycles. The van der Waals surface area contributed by atoms with Crippen molar-refractivity contribution in [1.82, 2.24) is 10.3 Å². The number of halogens is 1. The first-order chi connectivity index (χ1) is 11.4. The quantitative estimate of drug-likeness (QED) is 0.766. The van der Waals surface area contributed by atoms with E-state index in [0.29, 0.717) is 11.5 Å². The van der Waals surface area contributed by atoms with Crippen LogP contribution in [-0.2, 0) is 10.0 Å². The Morgan fingerprint density at radius 1 is 1.04 bits per heavy atom. The summed E-state index contributed by atoms with van der Waals surface area (Å²) in [6.07, 6.45) is 0. The molecule has 9 heteroatoms. The van der Waals surface area contributed by atoms with Gasteiger partial charge >= 0.3 is 0 Å². The minimum atomic E-state index is -4.10. The van der Waals surface area contributed by atoms with E-state index in [-0.39, 0.29) is 10.5 Å². The summed E-state index contributed by atoms with van der Waals surface area (Å²) in [6.45, 7) is 0. The Morgan fingerprint density at radius 3 is 2.21 bits per heavy atom. The number of rotatable bonds is 6. The number of methoxy groups -OCH3 is 2. The van der Waals surface area contributed by atoms with Crippen LogP contribution < -0.4 is 19.7 Å². The smallest absolute Gasteiger partial charge is 0.266 e. The molecular formula is C15H15FN2O5S. The van der Waals surface area contributed by atoms with Gasteiger partial charge in [0, 0.05) is 11.6 Å². The molecule has 0 bridgehead atoms. The van der Waals surface area contributed by atoms with Gasteiger partial charge in [0.25, 0.3) is 15.9 Å². The fraction of sp³-hybridized carbons (Fsp3) is 0.133. The highest BCUT2D eigenvalue weighted by molar-refractivity contribution is 7.89.